The van der Waals surface area contributed by atoms with Crippen LogP contribution in [-0.2, 0) is 6.54 Å². The van der Waals surface area contributed by atoms with Gasteiger partial charge in [-0.15, -0.1) is 11.3 Å². The van der Waals surface area contributed by atoms with Crippen LogP contribution < -0.4 is 0 Å². The quantitative estimate of drug-likeness (QED) is 0.853. The molecule has 0 spiro atoms. The molecule has 0 aliphatic rings. The van der Waals surface area contributed by atoms with Gasteiger partial charge in [0.1, 0.15) is 5.82 Å². The van der Waals surface area contributed by atoms with E-state index in [0.717, 1.165) is 9.88 Å². The van der Waals surface area contributed by atoms with Gasteiger partial charge < -0.3 is 4.90 Å². The molecule has 19 heavy (non-hydrogen) atoms. The average Bonchev–Trinajstić information content (AvgIpc) is 2.77. The molecule has 1 aromatic heterocycles. The van der Waals surface area contributed by atoms with Crippen LogP contribution in [0.3, 0.4) is 0 Å². The number of rotatable bonds is 3. The minimum atomic E-state index is -0.423. The van der Waals surface area contributed by atoms with E-state index in [1.807, 2.05) is 6.92 Å². The molecule has 0 saturated heterocycles. The van der Waals surface area contributed by atoms with E-state index in [2.05, 4.69) is 20.9 Å². The summed E-state index contributed by atoms with van der Waals surface area (Å²) in [4.78, 5) is 18.9. The van der Waals surface area contributed by atoms with Crippen molar-refractivity contribution in [3.05, 3.63) is 50.1 Å². The molecule has 3 nitrogen and oxygen atoms in total. The largest absolute Gasteiger partial charge is 0.336 e. The summed E-state index contributed by atoms with van der Waals surface area (Å²) in [6.07, 6.45) is 1.75. The van der Waals surface area contributed by atoms with E-state index in [1.54, 1.807) is 29.5 Å². The zero-order valence-electron chi connectivity index (χ0n) is 10.5. The van der Waals surface area contributed by atoms with E-state index in [1.165, 1.54) is 18.2 Å². The summed E-state index contributed by atoms with van der Waals surface area (Å²) in [6.45, 7) is 2.38. The first-order chi connectivity index (χ1) is 8.97. The van der Waals surface area contributed by atoms with Gasteiger partial charge in [-0.1, -0.05) is 0 Å². The Kier molecular flexibility index (Phi) is 4.31. The smallest absolute Gasteiger partial charge is 0.255 e. The number of aryl methyl sites for hydroxylation is 1. The van der Waals surface area contributed by atoms with E-state index < -0.39 is 5.82 Å². The first kappa shape index (κ1) is 14.1. The predicted molar refractivity (Wildman–Crippen MR) is 76.7 cm³/mol. The summed E-state index contributed by atoms with van der Waals surface area (Å²) >= 11 is 4.81. The second-order valence-corrected chi connectivity index (χ2v) is 6.30. The molecular formula is C13H12BrFN2OS. The molecule has 0 fully saturated rings. The van der Waals surface area contributed by atoms with Crippen LogP contribution in [0.2, 0.25) is 0 Å². The van der Waals surface area contributed by atoms with Crippen LogP contribution >= 0.6 is 27.3 Å². The summed E-state index contributed by atoms with van der Waals surface area (Å²) in [5.41, 5.74) is 0.323. The Morgan fingerprint density at radius 3 is 2.89 bits per heavy atom. The van der Waals surface area contributed by atoms with Gasteiger partial charge in [0.2, 0.25) is 0 Å². The van der Waals surface area contributed by atoms with Crippen molar-refractivity contribution in [1.82, 2.24) is 9.88 Å². The molecule has 0 atom stereocenters. The molecule has 0 N–H and O–H groups in total. The first-order valence-electron chi connectivity index (χ1n) is 5.59. The maximum absolute atomic E-state index is 13.2. The number of hydrogen-bond acceptors (Lipinski definition) is 3. The van der Waals surface area contributed by atoms with E-state index in [4.69, 9.17) is 0 Å². The number of hydrogen-bond donors (Lipinski definition) is 0. The third kappa shape index (κ3) is 3.39. The van der Waals surface area contributed by atoms with Gasteiger partial charge >= 0.3 is 0 Å². The summed E-state index contributed by atoms with van der Waals surface area (Å²) in [5, 5.41) is 0.961. The molecule has 1 amide bonds. The van der Waals surface area contributed by atoms with Crippen molar-refractivity contribution in [2.24, 2.45) is 0 Å². The fourth-order valence-corrected chi connectivity index (χ4v) is 2.92. The second kappa shape index (κ2) is 5.79. The summed E-state index contributed by atoms with van der Waals surface area (Å²) in [5.74, 6) is -0.647. The van der Waals surface area contributed by atoms with Crippen molar-refractivity contribution >= 4 is 33.2 Å². The van der Waals surface area contributed by atoms with Crippen LogP contribution in [0.1, 0.15) is 20.2 Å². The van der Waals surface area contributed by atoms with Crippen LogP contribution in [0.4, 0.5) is 4.39 Å². The molecule has 1 aromatic carbocycles. The van der Waals surface area contributed by atoms with Gasteiger partial charge in [0.05, 0.1) is 17.1 Å². The zero-order valence-corrected chi connectivity index (χ0v) is 12.9. The predicted octanol–water partition coefficient (Wildman–Crippen LogP) is 3.63. The SMILES string of the molecule is Cc1ncc(CN(C)C(=O)c2cc(F)ccc2Br)s1. The Morgan fingerprint density at radius 2 is 2.26 bits per heavy atom. The number of aromatic nitrogens is 1. The molecule has 0 aliphatic carbocycles. The highest BCUT2D eigenvalue weighted by atomic mass is 79.9. The average molecular weight is 343 g/mol. The molecule has 0 unspecified atom stereocenters. The van der Waals surface area contributed by atoms with E-state index in [9.17, 15) is 9.18 Å². The number of thiazole rings is 1. The molecule has 0 radical (unpaired) electrons. The van der Waals surface area contributed by atoms with Crippen LogP contribution in [0, 0.1) is 12.7 Å². The second-order valence-electron chi connectivity index (χ2n) is 4.13. The van der Waals surface area contributed by atoms with Crippen LogP contribution in [-0.4, -0.2) is 22.8 Å². The third-order valence-electron chi connectivity index (χ3n) is 2.57. The summed E-state index contributed by atoms with van der Waals surface area (Å²) in [6, 6.07) is 4.08. The molecule has 2 aromatic rings. The Balaban J connectivity index is 2.16. The fraction of sp³-hybridized carbons (Fsp3) is 0.231. The molecule has 6 heteroatoms. The molecule has 2 rings (SSSR count). The van der Waals surface area contributed by atoms with E-state index in [0.29, 0.717) is 16.6 Å². The van der Waals surface area contributed by atoms with Crippen molar-refractivity contribution in [2.45, 2.75) is 13.5 Å². The Hall–Kier alpha value is -1.27. The van der Waals surface area contributed by atoms with Gasteiger partial charge in [0.25, 0.3) is 5.91 Å². The Bertz CT molecular complexity index is 614. The lowest BCUT2D eigenvalue weighted by Gasteiger charge is -2.16. The van der Waals surface area contributed by atoms with Gasteiger partial charge in [-0.25, -0.2) is 9.37 Å². The molecule has 100 valence electrons. The summed E-state index contributed by atoms with van der Waals surface area (Å²) < 4.78 is 13.8. The molecule has 0 aliphatic heterocycles. The molecule has 0 bridgehead atoms. The number of nitrogens with zero attached hydrogens (tertiary/aromatic N) is 2. The van der Waals surface area contributed by atoms with Crippen LogP contribution in [0.5, 0.6) is 0 Å². The van der Waals surface area contributed by atoms with Crippen molar-refractivity contribution in [2.75, 3.05) is 7.05 Å². The number of carbonyl (C=O) groups is 1. The molecule has 0 saturated carbocycles. The lowest BCUT2D eigenvalue weighted by molar-refractivity contribution is 0.0785. The van der Waals surface area contributed by atoms with E-state index >= 15 is 0 Å². The van der Waals surface area contributed by atoms with Crippen molar-refractivity contribution < 1.29 is 9.18 Å². The van der Waals surface area contributed by atoms with Crippen molar-refractivity contribution in [1.29, 1.82) is 0 Å². The minimum absolute atomic E-state index is 0.225. The van der Waals surface area contributed by atoms with Crippen LogP contribution in [0.25, 0.3) is 0 Å². The fourth-order valence-electron chi connectivity index (χ4n) is 1.65. The Labute approximate surface area is 123 Å². The number of amides is 1. The minimum Gasteiger partial charge on any atom is -0.336 e. The normalized spacial score (nSPS) is 10.5. The number of carbonyl (C=O) groups excluding carboxylic acids is 1. The van der Waals surface area contributed by atoms with Gasteiger partial charge in [-0.2, -0.15) is 0 Å². The van der Waals surface area contributed by atoms with Gasteiger partial charge in [-0.05, 0) is 41.1 Å². The lowest BCUT2D eigenvalue weighted by atomic mass is 10.2. The highest BCUT2D eigenvalue weighted by molar-refractivity contribution is 9.10. The third-order valence-corrected chi connectivity index (χ3v) is 4.16. The van der Waals surface area contributed by atoms with Gasteiger partial charge in [-0.3, -0.25) is 4.79 Å². The first-order valence-corrected chi connectivity index (χ1v) is 7.20. The number of halogens is 2. The topological polar surface area (TPSA) is 33.2 Å². The monoisotopic (exact) mass is 342 g/mol. The highest BCUT2D eigenvalue weighted by Crippen LogP contribution is 2.21. The van der Waals surface area contributed by atoms with Gasteiger partial charge in [0.15, 0.2) is 0 Å². The summed E-state index contributed by atoms with van der Waals surface area (Å²) in [7, 11) is 1.69. The zero-order chi connectivity index (χ0) is 14.0. The number of benzene rings is 1. The maximum Gasteiger partial charge on any atom is 0.255 e. The van der Waals surface area contributed by atoms with E-state index in [-0.39, 0.29) is 5.91 Å². The lowest BCUT2D eigenvalue weighted by Crippen LogP contribution is -2.26. The van der Waals surface area contributed by atoms with Crippen molar-refractivity contribution in [3.8, 4) is 0 Å². The Morgan fingerprint density at radius 1 is 1.53 bits per heavy atom. The molecular weight excluding hydrogens is 331 g/mol. The maximum atomic E-state index is 13.2. The standard InChI is InChI=1S/C13H12BrFN2OS/c1-8-16-6-10(19-8)7-17(2)13(18)11-5-9(15)3-4-12(11)14/h3-6H,7H2,1-2H3. The highest BCUT2D eigenvalue weighted by Gasteiger charge is 2.16. The molecule has 1 heterocycles. The van der Waals surface area contributed by atoms with Crippen LogP contribution in [0.15, 0.2) is 28.9 Å². The van der Waals surface area contributed by atoms with Gasteiger partial charge in [0, 0.05) is 22.6 Å². The van der Waals surface area contributed by atoms with Crippen molar-refractivity contribution in [3.63, 3.8) is 0 Å².